The molecule has 1 aliphatic rings. The number of rotatable bonds is 6. The fourth-order valence-electron chi connectivity index (χ4n) is 2.77. The molecule has 1 aromatic carbocycles. The molecule has 0 spiro atoms. The average molecular weight is 459 g/mol. The molecule has 4 rings (SSSR count). The first-order valence-electron chi connectivity index (χ1n) is 8.98. The van der Waals surface area contributed by atoms with E-state index in [0.29, 0.717) is 15.9 Å². The van der Waals surface area contributed by atoms with E-state index in [-0.39, 0.29) is 23.8 Å². The molecular formula is C21H15ClN2O6S. The molecule has 1 fully saturated rings. The summed E-state index contributed by atoms with van der Waals surface area (Å²) in [6.45, 7) is -0.130. The molecule has 0 radical (unpaired) electrons. The first-order chi connectivity index (χ1) is 14.9. The molecule has 1 saturated heterocycles. The number of furan rings is 2. The lowest BCUT2D eigenvalue weighted by atomic mass is 10.3. The number of nitrogens with one attached hydrogen (secondary N) is 1. The summed E-state index contributed by atoms with van der Waals surface area (Å²) in [5.41, 5.74) is 0.0714. The summed E-state index contributed by atoms with van der Waals surface area (Å²) in [4.78, 5) is 38.3. The zero-order chi connectivity index (χ0) is 22.0. The van der Waals surface area contributed by atoms with Crippen LogP contribution in [0.5, 0.6) is 0 Å². The molecule has 0 unspecified atom stereocenters. The Morgan fingerprint density at radius 2 is 1.90 bits per heavy atom. The molecule has 31 heavy (non-hydrogen) atoms. The largest absolute Gasteiger partial charge is 0.463 e. The van der Waals surface area contributed by atoms with E-state index in [1.165, 1.54) is 37.1 Å². The number of imide groups is 1. The normalized spacial score (nSPS) is 14.9. The number of hydrogen-bond donors (Lipinski definition) is 1. The number of hydrogen-bond acceptors (Lipinski definition) is 7. The average Bonchev–Trinajstić information content (AvgIpc) is 3.47. The number of ether oxygens (including phenoxy) is 1. The molecular weight excluding hydrogens is 444 g/mol. The predicted molar refractivity (Wildman–Crippen MR) is 111 cm³/mol. The summed E-state index contributed by atoms with van der Waals surface area (Å²) in [5, 5.41) is 3.78. The molecule has 2 aromatic heterocycles. The third kappa shape index (κ3) is 4.68. The Balaban J connectivity index is 1.44. The van der Waals surface area contributed by atoms with Crippen LogP contribution < -0.4 is 5.32 Å². The molecule has 158 valence electrons. The van der Waals surface area contributed by atoms with Crippen LogP contribution in [0.25, 0.3) is 6.08 Å². The Kier molecular flexibility index (Phi) is 5.88. The summed E-state index contributed by atoms with van der Waals surface area (Å²) >= 11 is 7.28. The van der Waals surface area contributed by atoms with Gasteiger partial charge in [-0.1, -0.05) is 23.4 Å². The van der Waals surface area contributed by atoms with Gasteiger partial charge < -0.3 is 18.9 Å². The van der Waals surface area contributed by atoms with Gasteiger partial charge in [0.05, 0.1) is 13.7 Å². The van der Waals surface area contributed by atoms with E-state index >= 15 is 0 Å². The van der Waals surface area contributed by atoms with Gasteiger partial charge in [0.15, 0.2) is 5.09 Å². The van der Waals surface area contributed by atoms with Crippen LogP contribution in [0.4, 0.5) is 4.79 Å². The molecule has 0 atom stereocenters. The third-order valence-corrected chi connectivity index (χ3v) is 5.43. The molecule has 8 nitrogen and oxygen atoms in total. The lowest BCUT2D eigenvalue weighted by molar-refractivity contribution is -0.123. The highest BCUT2D eigenvalue weighted by molar-refractivity contribution is 7.99. The van der Waals surface area contributed by atoms with Crippen molar-refractivity contribution in [2.45, 2.75) is 16.5 Å². The molecule has 1 aliphatic heterocycles. The number of nitrogens with zero attached hydrogens (tertiary/aromatic N) is 1. The fraction of sp³-hybridized carbons (Fsp3) is 0.0952. The maximum absolute atomic E-state index is 12.6. The van der Waals surface area contributed by atoms with E-state index in [2.05, 4.69) is 10.1 Å². The molecule has 0 saturated carbocycles. The van der Waals surface area contributed by atoms with Gasteiger partial charge in [-0.15, -0.1) is 0 Å². The van der Waals surface area contributed by atoms with Crippen LogP contribution in [0.1, 0.15) is 22.1 Å². The minimum Gasteiger partial charge on any atom is -0.463 e. The van der Waals surface area contributed by atoms with E-state index in [1.54, 1.807) is 24.3 Å². The summed E-state index contributed by atoms with van der Waals surface area (Å²) in [7, 11) is 1.23. The summed E-state index contributed by atoms with van der Waals surface area (Å²) in [6.07, 6.45) is 1.45. The molecule has 3 amide bonds. The number of carbonyl (C=O) groups excluding carboxylic acids is 3. The number of esters is 1. The van der Waals surface area contributed by atoms with Crippen molar-refractivity contribution in [3.63, 3.8) is 0 Å². The van der Waals surface area contributed by atoms with Crippen LogP contribution in [-0.2, 0) is 16.1 Å². The smallest absolute Gasteiger partial charge is 0.373 e. The zero-order valence-corrected chi connectivity index (χ0v) is 17.7. The highest BCUT2D eigenvalue weighted by Gasteiger charge is 2.34. The lowest BCUT2D eigenvalue weighted by Gasteiger charge is -2.09. The Morgan fingerprint density at radius 3 is 2.65 bits per heavy atom. The number of urea groups is 1. The van der Waals surface area contributed by atoms with Gasteiger partial charge in [-0.2, -0.15) is 0 Å². The van der Waals surface area contributed by atoms with E-state index in [9.17, 15) is 14.4 Å². The van der Waals surface area contributed by atoms with E-state index in [4.69, 9.17) is 20.4 Å². The highest BCUT2D eigenvalue weighted by Crippen LogP contribution is 2.31. The van der Waals surface area contributed by atoms with Crippen LogP contribution in [0.2, 0.25) is 5.02 Å². The van der Waals surface area contributed by atoms with Gasteiger partial charge in [-0.25, -0.2) is 9.59 Å². The van der Waals surface area contributed by atoms with Crippen molar-refractivity contribution in [2.24, 2.45) is 0 Å². The standard InChI is InChI=1S/C21H15ClN2O6S/c1-28-20(26)17-8-4-14(29-17)11-24-19(25)16(23-21(24)27)10-13-5-9-18(30-13)31-15-6-2-12(22)3-7-15/h2-10H,11H2,1H3,(H,23,27)/b16-10-. The molecule has 3 heterocycles. The highest BCUT2D eigenvalue weighted by atomic mass is 35.5. The number of amides is 3. The predicted octanol–water partition coefficient (Wildman–Crippen LogP) is 4.56. The maximum atomic E-state index is 12.6. The Bertz CT molecular complexity index is 1180. The van der Waals surface area contributed by atoms with Gasteiger partial charge in [-0.05, 0) is 48.5 Å². The quantitative estimate of drug-likeness (QED) is 0.328. The second kappa shape index (κ2) is 8.75. The van der Waals surface area contributed by atoms with E-state index in [1.807, 2.05) is 12.1 Å². The number of carbonyl (C=O) groups is 3. The van der Waals surface area contributed by atoms with Crippen molar-refractivity contribution in [1.82, 2.24) is 10.2 Å². The lowest BCUT2D eigenvalue weighted by Crippen LogP contribution is -2.30. The van der Waals surface area contributed by atoms with Crippen LogP contribution in [0.3, 0.4) is 0 Å². The SMILES string of the molecule is COC(=O)c1ccc(CN2C(=O)N/C(=C\c3ccc(Sc4ccc(Cl)cc4)o3)C2=O)o1. The minimum atomic E-state index is -0.644. The Labute approximate surface area is 185 Å². The fourth-order valence-corrected chi connectivity index (χ4v) is 3.68. The molecule has 0 aliphatic carbocycles. The van der Waals surface area contributed by atoms with Gasteiger partial charge in [0, 0.05) is 16.0 Å². The monoisotopic (exact) mass is 458 g/mol. The van der Waals surface area contributed by atoms with Gasteiger partial charge in [-0.3, -0.25) is 9.69 Å². The number of benzene rings is 1. The first kappa shape index (κ1) is 20.8. The summed E-state index contributed by atoms with van der Waals surface area (Å²) in [6, 6.07) is 13.1. The molecule has 3 aromatic rings. The van der Waals surface area contributed by atoms with Crippen LogP contribution >= 0.6 is 23.4 Å². The first-order valence-corrected chi connectivity index (χ1v) is 10.2. The van der Waals surface area contributed by atoms with Crippen molar-refractivity contribution in [3.05, 3.63) is 76.5 Å². The number of methoxy groups -OCH3 is 1. The van der Waals surface area contributed by atoms with Gasteiger partial charge in [0.2, 0.25) is 5.76 Å². The van der Waals surface area contributed by atoms with Gasteiger partial charge >= 0.3 is 12.0 Å². The van der Waals surface area contributed by atoms with Crippen molar-refractivity contribution in [2.75, 3.05) is 7.11 Å². The van der Waals surface area contributed by atoms with E-state index < -0.39 is 17.9 Å². The second-order valence-corrected chi connectivity index (χ2v) is 7.86. The summed E-state index contributed by atoms with van der Waals surface area (Å²) in [5.74, 6) is -0.516. The van der Waals surface area contributed by atoms with Gasteiger partial charge in [0.1, 0.15) is 17.2 Å². The Morgan fingerprint density at radius 1 is 1.13 bits per heavy atom. The van der Waals surface area contributed by atoms with Crippen molar-refractivity contribution < 1.29 is 28.0 Å². The second-order valence-electron chi connectivity index (χ2n) is 6.35. The maximum Gasteiger partial charge on any atom is 0.373 e. The van der Waals surface area contributed by atoms with E-state index in [0.717, 1.165) is 9.80 Å². The zero-order valence-electron chi connectivity index (χ0n) is 16.1. The summed E-state index contributed by atoms with van der Waals surface area (Å²) < 4.78 is 15.6. The van der Waals surface area contributed by atoms with Crippen LogP contribution in [0.15, 0.2) is 73.1 Å². The van der Waals surface area contributed by atoms with Crippen LogP contribution in [-0.4, -0.2) is 29.9 Å². The Hall–Kier alpha value is -3.43. The minimum absolute atomic E-state index is 0.0124. The topological polar surface area (TPSA) is 102 Å². The third-order valence-electron chi connectivity index (χ3n) is 4.25. The molecule has 10 heteroatoms. The van der Waals surface area contributed by atoms with Crippen molar-refractivity contribution in [1.29, 1.82) is 0 Å². The number of halogens is 1. The van der Waals surface area contributed by atoms with Crippen molar-refractivity contribution >= 4 is 47.3 Å². The van der Waals surface area contributed by atoms with Crippen molar-refractivity contribution in [3.8, 4) is 0 Å². The van der Waals surface area contributed by atoms with Gasteiger partial charge in [0.25, 0.3) is 5.91 Å². The molecule has 0 bridgehead atoms. The van der Waals surface area contributed by atoms with Crippen LogP contribution in [0, 0.1) is 0 Å². The molecule has 1 N–H and O–H groups in total.